The maximum Gasteiger partial charge on any atom is 0.272 e. The molecule has 2 amide bonds. The van der Waals surface area contributed by atoms with Crippen LogP contribution in [0.1, 0.15) is 34.1 Å². The number of amides is 2. The molecule has 1 aromatic heterocycles. The number of hydrogen-bond acceptors (Lipinski definition) is 4. The van der Waals surface area contributed by atoms with Gasteiger partial charge in [0.25, 0.3) is 5.91 Å². The van der Waals surface area contributed by atoms with Crippen molar-refractivity contribution in [3.63, 3.8) is 0 Å². The van der Waals surface area contributed by atoms with Gasteiger partial charge < -0.3 is 15.0 Å². The summed E-state index contributed by atoms with van der Waals surface area (Å²) < 4.78 is 7.00. The number of hydrogen-bond donors (Lipinski definition) is 1. The predicted octanol–water partition coefficient (Wildman–Crippen LogP) is 2.91. The van der Waals surface area contributed by atoms with Crippen molar-refractivity contribution in [1.29, 1.82) is 0 Å². The van der Waals surface area contributed by atoms with Crippen LogP contribution < -0.4 is 10.1 Å². The largest absolute Gasteiger partial charge is 0.497 e. The Balaban J connectivity index is 1.70. The number of likely N-dealkylation sites (tertiary alicyclic amines) is 1. The van der Waals surface area contributed by atoms with Crippen molar-refractivity contribution >= 4 is 17.5 Å². The first kappa shape index (κ1) is 18.4. The highest BCUT2D eigenvalue weighted by atomic mass is 16.5. The van der Waals surface area contributed by atoms with Crippen molar-refractivity contribution in [2.45, 2.75) is 17.9 Å². The molecule has 7 nitrogen and oxygen atoms in total. The van der Waals surface area contributed by atoms with Crippen LogP contribution in [0.15, 0.2) is 60.8 Å². The number of anilines is 1. The fraction of sp³-hybridized carbons (Fsp3) is 0.261. The molecule has 1 N–H and O–H groups in total. The number of nitrogens with one attached hydrogen (secondary N) is 1. The van der Waals surface area contributed by atoms with E-state index in [2.05, 4.69) is 10.4 Å². The molecule has 2 aliphatic rings. The van der Waals surface area contributed by atoms with Gasteiger partial charge in [-0.3, -0.25) is 14.3 Å². The Bertz CT molecular complexity index is 1150. The Morgan fingerprint density at radius 1 is 1.20 bits per heavy atom. The van der Waals surface area contributed by atoms with Gasteiger partial charge in [0, 0.05) is 25.5 Å². The lowest BCUT2D eigenvalue weighted by molar-refractivity contribution is -0.121. The van der Waals surface area contributed by atoms with Crippen molar-refractivity contribution < 1.29 is 14.3 Å². The van der Waals surface area contributed by atoms with E-state index in [1.807, 2.05) is 48.5 Å². The van der Waals surface area contributed by atoms with Crippen molar-refractivity contribution in [2.75, 3.05) is 19.0 Å². The summed E-state index contributed by atoms with van der Waals surface area (Å²) in [5.41, 5.74) is 2.26. The third-order valence-corrected chi connectivity index (χ3v) is 6.30. The van der Waals surface area contributed by atoms with Gasteiger partial charge in [-0.15, -0.1) is 0 Å². The lowest BCUT2D eigenvalue weighted by atomic mass is 9.72. The Labute approximate surface area is 174 Å². The number of aromatic nitrogens is 2. The third-order valence-electron chi connectivity index (χ3n) is 6.30. The van der Waals surface area contributed by atoms with Gasteiger partial charge in [0.15, 0.2) is 0 Å². The summed E-state index contributed by atoms with van der Waals surface area (Å²) in [6.07, 6.45) is 2.15. The van der Waals surface area contributed by atoms with Crippen LogP contribution in [0.4, 0.5) is 5.69 Å². The normalized spacial score (nSPS) is 22.3. The second-order valence-electron chi connectivity index (χ2n) is 7.74. The molecule has 0 radical (unpaired) electrons. The number of methoxy groups -OCH3 is 1. The standard InChI is InChI=1S/C23H22N4O3/c1-26-19(10-12-24-26)21(28)27-13-11-23(17-8-3-4-9-18(17)25-22(23)29)20(27)15-6-5-7-16(14-15)30-2/h3-10,12,14,20H,11,13H2,1-2H3,(H,25,29)/t20-,23+/m0/s1. The molecule has 2 aromatic carbocycles. The number of aryl methyl sites for hydroxylation is 1. The van der Waals surface area contributed by atoms with E-state index in [0.29, 0.717) is 24.4 Å². The number of nitrogens with zero attached hydrogens (tertiary/aromatic N) is 3. The molecule has 152 valence electrons. The van der Waals surface area contributed by atoms with Crippen molar-refractivity contribution in [3.8, 4) is 5.75 Å². The first-order valence-electron chi connectivity index (χ1n) is 9.90. The number of benzene rings is 2. The minimum atomic E-state index is -0.850. The lowest BCUT2D eigenvalue weighted by Gasteiger charge is -2.34. The molecule has 3 aromatic rings. The molecule has 7 heteroatoms. The van der Waals surface area contributed by atoms with Crippen LogP contribution in [0.5, 0.6) is 5.75 Å². The number of fused-ring (bicyclic) bond motifs is 2. The highest BCUT2D eigenvalue weighted by Gasteiger charge is 2.59. The zero-order chi connectivity index (χ0) is 20.9. The molecule has 2 aliphatic heterocycles. The van der Waals surface area contributed by atoms with Gasteiger partial charge >= 0.3 is 0 Å². The topological polar surface area (TPSA) is 76.5 Å². The van der Waals surface area contributed by atoms with Gasteiger partial charge in [-0.05, 0) is 41.8 Å². The maximum absolute atomic E-state index is 13.5. The van der Waals surface area contributed by atoms with Gasteiger partial charge in [-0.25, -0.2) is 0 Å². The molecule has 0 aliphatic carbocycles. The van der Waals surface area contributed by atoms with Crippen molar-refractivity contribution in [3.05, 3.63) is 77.6 Å². The van der Waals surface area contributed by atoms with E-state index in [-0.39, 0.29) is 11.8 Å². The summed E-state index contributed by atoms with van der Waals surface area (Å²) in [7, 11) is 3.36. The van der Waals surface area contributed by atoms with Crippen LogP contribution in [-0.2, 0) is 17.3 Å². The molecule has 0 saturated carbocycles. The second kappa shape index (κ2) is 6.73. The van der Waals surface area contributed by atoms with E-state index in [9.17, 15) is 9.59 Å². The third kappa shape index (κ3) is 2.48. The van der Waals surface area contributed by atoms with E-state index in [4.69, 9.17) is 4.74 Å². The second-order valence-corrected chi connectivity index (χ2v) is 7.74. The molecule has 3 heterocycles. The molecule has 0 unspecified atom stereocenters. The summed E-state index contributed by atoms with van der Waals surface area (Å²) in [4.78, 5) is 28.7. The first-order chi connectivity index (χ1) is 14.6. The van der Waals surface area contributed by atoms with Gasteiger partial charge in [0.1, 0.15) is 16.9 Å². The first-order valence-corrected chi connectivity index (χ1v) is 9.90. The van der Waals surface area contributed by atoms with E-state index in [1.165, 1.54) is 0 Å². The highest BCUT2D eigenvalue weighted by Crippen LogP contribution is 2.55. The fourth-order valence-corrected chi connectivity index (χ4v) is 4.91. The number of rotatable bonds is 3. The smallest absolute Gasteiger partial charge is 0.272 e. The summed E-state index contributed by atoms with van der Waals surface area (Å²) >= 11 is 0. The monoisotopic (exact) mass is 402 g/mol. The zero-order valence-electron chi connectivity index (χ0n) is 16.8. The predicted molar refractivity (Wildman–Crippen MR) is 111 cm³/mol. The van der Waals surface area contributed by atoms with Crippen LogP contribution in [-0.4, -0.2) is 40.1 Å². The number of para-hydroxylation sites is 1. The minimum absolute atomic E-state index is 0.0724. The summed E-state index contributed by atoms with van der Waals surface area (Å²) in [5.74, 6) is 0.475. The van der Waals surface area contributed by atoms with Crippen LogP contribution in [0.3, 0.4) is 0 Å². The average molecular weight is 402 g/mol. The molecule has 0 bridgehead atoms. The lowest BCUT2D eigenvalue weighted by Crippen LogP contribution is -2.43. The average Bonchev–Trinajstić information content (AvgIpc) is 3.45. The van der Waals surface area contributed by atoms with E-state index in [0.717, 1.165) is 16.8 Å². The van der Waals surface area contributed by atoms with Crippen molar-refractivity contribution in [1.82, 2.24) is 14.7 Å². The molecule has 5 rings (SSSR count). The number of ether oxygens (including phenoxy) is 1. The molecular formula is C23H22N4O3. The number of carbonyl (C=O) groups excluding carboxylic acids is 2. The van der Waals surface area contributed by atoms with Gasteiger partial charge in [0.05, 0.1) is 13.2 Å². The van der Waals surface area contributed by atoms with Crippen LogP contribution in [0.25, 0.3) is 0 Å². The molecule has 1 fully saturated rings. The molecule has 1 spiro atoms. The zero-order valence-corrected chi connectivity index (χ0v) is 16.8. The van der Waals surface area contributed by atoms with Gasteiger partial charge in [-0.2, -0.15) is 5.10 Å². The Kier molecular flexibility index (Phi) is 4.13. The SMILES string of the molecule is COc1cccc([C@@H]2N(C(=O)c3ccnn3C)CC[C@]23C(=O)Nc2ccccc23)c1. The van der Waals surface area contributed by atoms with Crippen LogP contribution >= 0.6 is 0 Å². The highest BCUT2D eigenvalue weighted by molar-refractivity contribution is 6.08. The molecule has 1 saturated heterocycles. The van der Waals surface area contributed by atoms with E-state index < -0.39 is 11.5 Å². The quantitative estimate of drug-likeness (QED) is 0.731. The van der Waals surface area contributed by atoms with Crippen LogP contribution in [0, 0.1) is 0 Å². The summed E-state index contributed by atoms with van der Waals surface area (Å²) in [6.45, 7) is 0.466. The van der Waals surface area contributed by atoms with Gasteiger partial charge in [0.2, 0.25) is 5.91 Å². The summed E-state index contributed by atoms with van der Waals surface area (Å²) in [6, 6.07) is 16.6. The fourth-order valence-electron chi connectivity index (χ4n) is 4.91. The number of carbonyl (C=O) groups is 2. The molecular weight excluding hydrogens is 380 g/mol. The van der Waals surface area contributed by atoms with Crippen LogP contribution in [0.2, 0.25) is 0 Å². The van der Waals surface area contributed by atoms with E-state index in [1.54, 1.807) is 36.0 Å². The summed E-state index contributed by atoms with van der Waals surface area (Å²) in [5, 5.41) is 7.18. The Morgan fingerprint density at radius 3 is 2.80 bits per heavy atom. The molecule has 30 heavy (non-hydrogen) atoms. The maximum atomic E-state index is 13.5. The van der Waals surface area contributed by atoms with E-state index >= 15 is 0 Å². The molecule has 2 atom stereocenters. The minimum Gasteiger partial charge on any atom is -0.497 e. The Morgan fingerprint density at radius 2 is 2.03 bits per heavy atom. The van der Waals surface area contributed by atoms with Gasteiger partial charge in [-0.1, -0.05) is 30.3 Å². The Hall–Kier alpha value is -3.61. The van der Waals surface area contributed by atoms with Crippen molar-refractivity contribution in [2.24, 2.45) is 7.05 Å².